The summed E-state index contributed by atoms with van der Waals surface area (Å²) in [6.45, 7) is 5.69. The first-order valence-electron chi connectivity index (χ1n) is 17.0. The maximum atomic E-state index is 11.8. The minimum Gasteiger partial charge on any atom is -0.466 e. The molecule has 0 bridgehead atoms. The van der Waals surface area contributed by atoms with Crippen LogP contribution in [0.15, 0.2) is 0 Å². The van der Waals surface area contributed by atoms with Gasteiger partial charge in [0, 0.05) is 12.8 Å². The molecule has 0 N–H and O–H groups in total. The fourth-order valence-electron chi connectivity index (χ4n) is 4.94. The van der Waals surface area contributed by atoms with E-state index in [9.17, 15) is 9.59 Å². The lowest BCUT2D eigenvalue weighted by Crippen LogP contribution is -2.05. The summed E-state index contributed by atoms with van der Waals surface area (Å²) in [4.78, 5) is 23.5. The molecular weight excluding hydrogens is 472 g/mol. The van der Waals surface area contributed by atoms with Gasteiger partial charge in [0.05, 0.1) is 13.2 Å². The van der Waals surface area contributed by atoms with Gasteiger partial charge < -0.3 is 9.47 Å². The number of hydrogen-bond donors (Lipinski definition) is 0. The molecule has 0 saturated carbocycles. The van der Waals surface area contributed by atoms with E-state index in [0.29, 0.717) is 26.1 Å². The molecule has 4 nitrogen and oxygen atoms in total. The van der Waals surface area contributed by atoms with Crippen LogP contribution in [0.5, 0.6) is 0 Å². The van der Waals surface area contributed by atoms with Crippen molar-refractivity contribution in [1.82, 2.24) is 0 Å². The monoisotopic (exact) mass is 538 g/mol. The molecule has 0 aromatic heterocycles. The van der Waals surface area contributed by atoms with Crippen molar-refractivity contribution >= 4 is 11.9 Å². The second kappa shape index (κ2) is 32.2. The Kier molecular flexibility index (Phi) is 31.3. The standard InChI is InChI=1S/C34H66O4/c1-3-5-7-9-17-21-25-29-33(35)37-31-27-23-19-15-13-11-12-14-16-20-24-28-32-38-34(36)30-26-22-18-10-8-6-4-2/h3-32H2,1-2H3. The van der Waals surface area contributed by atoms with E-state index in [4.69, 9.17) is 9.47 Å². The van der Waals surface area contributed by atoms with Crippen LogP contribution in [0.1, 0.15) is 194 Å². The summed E-state index contributed by atoms with van der Waals surface area (Å²) in [5.74, 6) is -0.00301. The second-order valence-electron chi connectivity index (χ2n) is 11.4. The van der Waals surface area contributed by atoms with Crippen LogP contribution in [-0.2, 0) is 19.1 Å². The van der Waals surface area contributed by atoms with Gasteiger partial charge in [0.1, 0.15) is 0 Å². The smallest absolute Gasteiger partial charge is 0.305 e. The van der Waals surface area contributed by atoms with E-state index in [1.54, 1.807) is 0 Å². The highest BCUT2D eigenvalue weighted by Gasteiger charge is 2.04. The van der Waals surface area contributed by atoms with Gasteiger partial charge in [-0.2, -0.15) is 0 Å². The van der Waals surface area contributed by atoms with Crippen LogP contribution in [0.4, 0.5) is 0 Å². The molecule has 0 aliphatic carbocycles. The third-order valence-corrected chi connectivity index (χ3v) is 7.53. The van der Waals surface area contributed by atoms with E-state index in [1.165, 1.54) is 128 Å². The Morgan fingerprint density at radius 2 is 0.579 bits per heavy atom. The van der Waals surface area contributed by atoms with Crippen LogP contribution in [-0.4, -0.2) is 25.2 Å². The van der Waals surface area contributed by atoms with Crippen molar-refractivity contribution in [2.24, 2.45) is 0 Å². The average Bonchev–Trinajstić information content (AvgIpc) is 2.91. The normalized spacial score (nSPS) is 11.1. The molecule has 0 radical (unpaired) electrons. The molecule has 0 atom stereocenters. The first-order chi connectivity index (χ1) is 18.7. The molecule has 0 fully saturated rings. The van der Waals surface area contributed by atoms with Crippen molar-refractivity contribution in [2.75, 3.05) is 13.2 Å². The largest absolute Gasteiger partial charge is 0.466 e. The summed E-state index contributed by atoms with van der Waals surface area (Å²) in [6, 6.07) is 0. The van der Waals surface area contributed by atoms with Gasteiger partial charge in [-0.05, 0) is 25.7 Å². The van der Waals surface area contributed by atoms with Gasteiger partial charge in [-0.1, -0.05) is 155 Å². The predicted octanol–water partition coefficient (Wildman–Crippen LogP) is 11.0. The van der Waals surface area contributed by atoms with Crippen LogP contribution >= 0.6 is 0 Å². The third kappa shape index (κ3) is 31.2. The maximum absolute atomic E-state index is 11.8. The molecule has 0 aliphatic heterocycles. The molecule has 0 aromatic rings. The predicted molar refractivity (Wildman–Crippen MR) is 163 cm³/mol. The van der Waals surface area contributed by atoms with Crippen molar-refractivity contribution < 1.29 is 19.1 Å². The zero-order valence-electron chi connectivity index (χ0n) is 25.8. The van der Waals surface area contributed by atoms with Gasteiger partial charge in [0.2, 0.25) is 0 Å². The number of hydrogen-bond acceptors (Lipinski definition) is 4. The second-order valence-corrected chi connectivity index (χ2v) is 11.4. The Morgan fingerprint density at radius 3 is 0.868 bits per heavy atom. The van der Waals surface area contributed by atoms with Crippen molar-refractivity contribution in [2.45, 2.75) is 194 Å². The molecule has 0 rings (SSSR count). The van der Waals surface area contributed by atoms with Gasteiger partial charge in [0.25, 0.3) is 0 Å². The lowest BCUT2D eigenvalue weighted by molar-refractivity contribution is -0.144. The van der Waals surface area contributed by atoms with Gasteiger partial charge in [-0.15, -0.1) is 0 Å². The minimum atomic E-state index is -0.00150. The molecule has 0 spiro atoms. The highest BCUT2D eigenvalue weighted by molar-refractivity contribution is 5.69. The first-order valence-corrected chi connectivity index (χ1v) is 17.0. The van der Waals surface area contributed by atoms with Gasteiger partial charge >= 0.3 is 11.9 Å². The molecule has 0 aliphatic rings. The Bertz CT molecular complexity index is 447. The van der Waals surface area contributed by atoms with E-state index in [0.717, 1.165) is 38.5 Å². The molecule has 38 heavy (non-hydrogen) atoms. The quantitative estimate of drug-likeness (QED) is 0.0650. The summed E-state index contributed by atoms with van der Waals surface area (Å²) in [7, 11) is 0. The molecule has 0 amide bonds. The fraction of sp³-hybridized carbons (Fsp3) is 0.941. The Morgan fingerprint density at radius 1 is 0.342 bits per heavy atom. The van der Waals surface area contributed by atoms with Crippen LogP contribution in [0.2, 0.25) is 0 Å². The van der Waals surface area contributed by atoms with E-state index < -0.39 is 0 Å². The molecule has 0 aromatic carbocycles. The van der Waals surface area contributed by atoms with Crippen molar-refractivity contribution in [3.63, 3.8) is 0 Å². The number of carbonyl (C=O) groups excluding carboxylic acids is 2. The number of esters is 2. The number of unbranched alkanes of at least 4 members (excludes halogenated alkanes) is 23. The Balaban J connectivity index is 3.19. The molecule has 0 unspecified atom stereocenters. The lowest BCUT2D eigenvalue weighted by atomic mass is 10.1. The SMILES string of the molecule is CCCCCCCCCC(=O)OCCCCCCCCCCCCCCOC(=O)CCCCCCCCC. The van der Waals surface area contributed by atoms with Gasteiger partial charge in [-0.25, -0.2) is 0 Å². The molecule has 226 valence electrons. The summed E-state index contributed by atoms with van der Waals surface area (Å²) < 4.78 is 10.8. The molecule has 4 heteroatoms. The van der Waals surface area contributed by atoms with Gasteiger partial charge in [0.15, 0.2) is 0 Å². The summed E-state index contributed by atoms with van der Waals surface area (Å²) in [6.07, 6.45) is 33.4. The lowest BCUT2D eigenvalue weighted by Gasteiger charge is -2.06. The van der Waals surface area contributed by atoms with Crippen molar-refractivity contribution in [3.8, 4) is 0 Å². The Labute approximate surface area is 237 Å². The van der Waals surface area contributed by atoms with Crippen LogP contribution in [0.25, 0.3) is 0 Å². The van der Waals surface area contributed by atoms with Crippen molar-refractivity contribution in [3.05, 3.63) is 0 Å². The zero-order chi connectivity index (χ0) is 27.8. The minimum absolute atomic E-state index is 0.00150. The molecule has 0 saturated heterocycles. The van der Waals surface area contributed by atoms with Crippen LogP contribution in [0, 0.1) is 0 Å². The highest BCUT2D eigenvalue weighted by Crippen LogP contribution is 2.13. The van der Waals surface area contributed by atoms with E-state index in [1.807, 2.05) is 0 Å². The first kappa shape index (κ1) is 36.9. The fourth-order valence-corrected chi connectivity index (χ4v) is 4.94. The van der Waals surface area contributed by atoms with E-state index in [-0.39, 0.29) is 11.9 Å². The highest BCUT2D eigenvalue weighted by atomic mass is 16.5. The summed E-state index contributed by atoms with van der Waals surface area (Å²) in [5, 5.41) is 0. The maximum Gasteiger partial charge on any atom is 0.305 e. The van der Waals surface area contributed by atoms with Crippen LogP contribution < -0.4 is 0 Å². The molecule has 0 heterocycles. The van der Waals surface area contributed by atoms with E-state index in [2.05, 4.69) is 13.8 Å². The van der Waals surface area contributed by atoms with Gasteiger partial charge in [-0.3, -0.25) is 9.59 Å². The molecular formula is C34H66O4. The number of ether oxygens (including phenoxy) is 2. The summed E-state index contributed by atoms with van der Waals surface area (Å²) in [5.41, 5.74) is 0. The zero-order valence-corrected chi connectivity index (χ0v) is 25.8. The number of carbonyl (C=O) groups is 2. The van der Waals surface area contributed by atoms with Crippen LogP contribution in [0.3, 0.4) is 0 Å². The summed E-state index contributed by atoms with van der Waals surface area (Å²) >= 11 is 0. The average molecular weight is 539 g/mol. The third-order valence-electron chi connectivity index (χ3n) is 7.53. The van der Waals surface area contributed by atoms with E-state index >= 15 is 0 Å². The Hall–Kier alpha value is -1.06. The topological polar surface area (TPSA) is 52.6 Å². The van der Waals surface area contributed by atoms with Crippen molar-refractivity contribution in [1.29, 1.82) is 0 Å². The number of rotatable bonds is 31.